The van der Waals surface area contributed by atoms with Gasteiger partial charge in [0.2, 0.25) is 5.95 Å². The molecule has 0 saturated heterocycles. The van der Waals surface area contributed by atoms with Gasteiger partial charge in [-0.3, -0.25) is 0 Å². The number of nitrogens with zero attached hydrogens (tertiary/aromatic N) is 4. The van der Waals surface area contributed by atoms with Crippen molar-refractivity contribution in [3.8, 4) is 0 Å². The van der Waals surface area contributed by atoms with Crippen LogP contribution < -0.4 is 10.6 Å². The summed E-state index contributed by atoms with van der Waals surface area (Å²) in [6.45, 7) is 2.48. The maximum atomic E-state index is 5.51. The number of nitrogen functional groups attached to an aromatic ring is 1. The van der Waals surface area contributed by atoms with Gasteiger partial charge in [0.1, 0.15) is 6.61 Å². The lowest BCUT2D eigenvalue weighted by Gasteiger charge is -1.99. The van der Waals surface area contributed by atoms with Gasteiger partial charge in [-0.25, -0.2) is 4.98 Å². The van der Waals surface area contributed by atoms with Crippen LogP contribution in [0.3, 0.4) is 0 Å². The highest BCUT2D eigenvalue weighted by molar-refractivity contribution is 5.42. The molecule has 12 heavy (non-hydrogen) atoms. The predicted molar refractivity (Wildman–Crippen MR) is 42.5 cm³/mol. The largest absolute Gasteiger partial charge is 0.411 e. The van der Waals surface area contributed by atoms with E-state index in [1.807, 2.05) is 6.92 Å². The zero-order valence-corrected chi connectivity index (χ0v) is 6.64. The molecule has 0 aliphatic rings. The van der Waals surface area contributed by atoms with Crippen LogP contribution >= 0.6 is 0 Å². The third-order valence-electron chi connectivity index (χ3n) is 1.51. The lowest BCUT2D eigenvalue weighted by atomic mass is 10.8. The Morgan fingerprint density at radius 2 is 2.50 bits per heavy atom. The van der Waals surface area contributed by atoms with Gasteiger partial charge in [-0.05, 0) is 6.92 Å². The van der Waals surface area contributed by atoms with E-state index in [-0.39, 0.29) is 0 Å². The van der Waals surface area contributed by atoms with Crippen LogP contribution in [-0.2, 0) is 0 Å². The van der Waals surface area contributed by atoms with Crippen molar-refractivity contribution < 1.29 is 4.84 Å². The van der Waals surface area contributed by atoms with E-state index in [9.17, 15) is 0 Å². The molecular formula is C6H9N5O. The number of fused-ring (bicyclic) bond motifs is 1. The first-order chi connectivity index (χ1) is 5.83. The molecule has 0 bridgehead atoms. The topological polar surface area (TPSA) is 70.4 Å². The van der Waals surface area contributed by atoms with Gasteiger partial charge in [0, 0.05) is 0 Å². The van der Waals surface area contributed by atoms with Crippen molar-refractivity contribution >= 4 is 11.6 Å². The Bertz CT molecular complexity index is 389. The third kappa shape index (κ3) is 0.810. The molecule has 2 rings (SSSR count). The first-order valence-corrected chi connectivity index (χ1v) is 3.62. The highest BCUT2D eigenvalue weighted by Crippen LogP contribution is 2.04. The second kappa shape index (κ2) is 2.40. The van der Waals surface area contributed by atoms with E-state index in [1.165, 1.54) is 9.25 Å². The van der Waals surface area contributed by atoms with Crippen LogP contribution in [0, 0.1) is 0 Å². The molecular weight excluding hydrogens is 158 g/mol. The minimum atomic E-state index is 0.364. The van der Waals surface area contributed by atoms with E-state index in [4.69, 9.17) is 10.6 Å². The molecule has 0 fully saturated rings. The first kappa shape index (κ1) is 6.96. The molecule has 2 heterocycles. The number of nitrogens with two attached hydrogens (primary N) is 1. The molecule has 0 aromatic carbocycles. The quantitative estimate of drug-likeness (QED) is 0.658. The van der Waals surface area contributed by atoms with Gasteiger partial charge >= 0.3 is 0 Å². The number of hydrogen-bond acceptors (Lipinski definition) is 4. The van der Waals surface area contributed by atoms with E-state index in [0.29, 0.717) is 12.6 Å². The Balaban J connectivity index is 2.55. The van der Waals surface area contributed by atoms with Crippen molar-refractivity contribution in [1.29, 1.82) is 0 Å². The number of hydrogen-bond donors (Lipinski definition) is 1. The summed E-state index contributed by atoms with van der Waals surface area (Å²) in [7, 11) is 0. The second-order valence-electron chi connectivity index (χ2n) is 2.26. The van der Waals surface area contributed by atoms with Crippen molar-refractivity contribution in [2.24, 2.45) is 0 Å². The van der Waals surface area contributed by atoms with E-state index in [0.717, 1.165) is 5.65 Å². The van der Waals surface area contributed by atoms with E-state index in [1.54, 1.807) is 12.5 Å². The molecule has 2 aromatic rings. The van der Waals surface area contributed by atoms with Crippen LogP contribution in [0.15, 0.2) is 12.5 Å². The summed E-state index contributed by atoms with van der Waals surface area (Å²) >= 11 is 0. The molecule has 64 valence electrons. The maximum Gasteiger partial charge on any atom is 0.223 e. The Morgan fingerprint density at radius 1 is 1.67 bits per heavy atom. The summed E-state index contributed by atoms with van der Waals surface area (Å²) in [4.78, 5) is 9.09. The van der Waals surface area contributed by atoms with Crippen LogP contribution in [0.4, 0.5) is 5.95 Å². The summed E-state index contributed by atoms with van der Waals surface area (Å²) in [6.07, 6.45) is 3.16. The summed E-state index contributed by atoms with van der Waals surface area (Å²) in [5, 5.41) is 3.96. The van der Waals surface area contributed by atoms with Crippen LogP contribution in [0.25, 0.3) is 5.65 Å². The zero-order valence-electron chi connectivity index (χ0n) is 6.64. The SMILES string of the molecule is CCOn1cnn2c(N)ncc12. The highest BCUT2D eigenvalue weighted by atomic mass is 16.7. The minimum Gasteiger partial charge on any atom is -0.411 e. The highest BCUT2D eigenvalue weighted by Gasteiger charge is 2.05. The minimum absolute atomic E-state index is 0.364. The first-order valence-electron chi connectivity index (χ1n) is 3.62. The fourth-order valence-corrected chi connectivity index (χ4v) is 1.02. The van der Waals surface area contributed by atoms with Gasteiger partial charge in [-0.15, -0.1) is 5.10 Å². The van der Waals surface area contributed by atoms with Gasteiger partial charge in [-0.2, -0.15) is 9.25 Å². The van der Waals surface area contributed by atoms with Gasteiger partial charge in [0.25, 0.3) is 0 Å². The normalized spacial score (nSPS) is 10.8. The third-order valence-corrected chi connectivity index (χ3v) is 1.51. The molecule has 6 heteroatoms. The number of aromatic nitrogens is 4. The molecule has 6 nitrogen and oxygen atoms in total. The van der Waals surface area contributed by atoms with E-state index in [2.05, 4.69) is 10.1 Å². The lowest BCUT2D eigenvalue weighted by Crippen LogP contribution is -2.08. The van der Waals surface area contributed by atoms with E-state index < -0.39 is 0 Å². The fraction of sp³-hybridized carbons (Fsp3) is 0.333. The Kier molecular flexibility index (Phi) is 1.39. The molecule has 2 N–H and O–H groups in total. The number of anilines is 1. The van der Waals surface area contributed by atoms with Gasteiger partial charge < -0.3 is 10.6 Å². The molecule has 0 radical (unpaired) electrons. The Labute approximate surface area is 68.5 Å². The van der Waals surface area contributed by atoms with Crippen molar-refractivity contribution in [2.45, 2.75) is 6.92 Å². The van der Waals surface area contributed by atoms with Crippen LogP contribution in [0.5, 0.6) is 0 Å². The predicted octanol–water partition coefficient (Wildman–Crippen LogP) is -0.438. The standard InChI is InChI=1S/C6H9N5O/c1-2-12-10-4-9-11-5(10)3-8-6(11)7/h3-4H,2H2,1H3,(H2,7,8). The maximum absolute atomic E-state index is 5.51. The van der Waals surface area contributed by atoms with Gasteiger partial charge in [0.15, 0.2) is 12.0 Å². The molecule has 0 saturated carbocycles. The molecule has 2 aromatic heterocycles. The average molecular weight is 167 g/mol. The summed E-state index contributed by atoms with van der Waals surface area (Å²) < 4.78 is 3.04. The monoisotopic (exact) mass is 167 g/mol. The smallest absolute Gasteiger partial charge is 0.223 e. The summed E-state index contributed by atoms with van der Waals surface area (Å²) in [5.74, 6) is 0.364. The van der Waals surface area contributed by atoms with Gasteiger partial charge in [0.05, 0.1) is 6.20 Å². The van der Waals surface area contributed by atoms with Crippen molar-refractivity contribution in [3.05, 3.63) is 12.5 Å². The van der Waals surface area contributed by atoms with Crippen molar-refractivity contribution in [1.82, 2.24) is 19.3 Å². The second-order valence-corrected chi connectivity index (χ2v) is 2.26. The van der Waals surface area contributed by atoms with Crippen LogP contribution in [0.1, 0.15) is 6.92 Å². The van der Waals surface area contributed by atoms with Crippen LogP contribution in [0.2, 0.25) is 0 Å². The lowest BCUT2D eigenvalue weighted by molar-refractivity contribution is 0.130. The fourth-order valence-electron chi connectivity index (χ4n) is 1.02. The summed E-state index contributed by atoms with van der Waals surface area (Å²) in [6, 6.07) is 0. The Hall–Kier alpha value is -1.72. The van der Waals surface area contributed by atoms with Gasteiger partial charge in [-0.1, -0.05) is 0 Å². The molecule has 0 aliphatic carbocycles. The van der Waals surface area contributed by atoms with Crippen molar-refractivity contribution in [2.75, 3.05) is 12.3 Å². The van der Waals surface area contributed by atoms with Crippen molar-refractivity contribution in [3.63, 3.8) is 0 Å². The summed E-state index contributed by atoms with van der Waals surface area (Å²) in [5.41, 5.74) is 6.24. The molecule has 0 amide bonds. The molecule has 0 atom stereocenters. The zero-order chi connectivity index (χ0) is 8.55. The molecule has 0 unspecified atom stereocenters. The number of rotatable bonds is 2. The molecule has 0 spiro atoms. The average Bonchev–Trinajstić information content (AvgIpc) is 2.58. The number of imidazole rings is 1. The van der Waals surface area contributed by atoms with Crippen LogP contribution in [-0.4, -0.2) is 25.9 Å². The van der Waals surface area contributed by atoms with E-state index >= 15 is 0 Å². The molecule has 0 aliphatic heterocycles. The Morgan fingerprint density at radius 3 is 3.25 bits per heavy atom.